The van der Waals surface area contributed by atoms with Crippen molar-refractivity contribution in [2.45, 2.75) is 116 Å². The molecule has 0 aliphatic rings. The summed E-state index contributed by atoms with van der Waals surface area (Å²) in [4.78, 5) is 0. The minimum atomic E-state index is -5.26. The topological polar surface area (TPSA) is 0 Å². The van der Waals surface area contributed by atoms with E-state index in [1.807, 2.05) is 0 Å². The first-order valence-electron chi connectivity index (χ1n) is 9.63. The molecule has 0 N–H and O–H groups in total. The molecule has 0 spiro atoms. The Morgan fingerprint density at radius 2 is 0.727 bits per heavy atom. The Morgan fingerprint density at radius 3 is 1.00 bits per heavy atom. The van der Waals surface area contributed by atoms with E-state index in [2.05, 4.69) is 6.92 Å². The third kappa shape index (κ3) is 20.0. The molecule has 0 aromatic rings. The van der Waals surface area contributed by atoms with Crippen LogP contribution in [0, 0.1) is 0 Å². The van der Waals surface area contributed by atoms with Gasteiger partial charge in [0.2, 0.25) is 0 Å². The molecular formula is C18H37F3Si. The summed E-state index contributed by atoms with van der Waals surface area (Å²) in [6.07, 6.45) is 19.4. The van der Waals surface area contributed by atoms with Crippen molar-refractivity contribution >= 4 is 9.08 Å². The molecule has 0 aliphatic carbocycles. The van der Waals surface area contributed by atoms with Gasteiger partial charge < -0.3 is 0 Å². The Labute approximate surface area is 137 Å². The Balaban J connectivity index is 3.00. The average Bonchev–Trinajstić information content (AvgIpc) is 2.45. The number of hydrogen-bond acceptors (Lipinski definition) is 0. The highest BCUT2D eigenvalue weighted by molar-refractivity contribution is 6.58. The molecule has 0 unspecified atom stereocenters. The lowest BCUT2D eigenvalue weighted by molar-refractivity contribution is 0.458. The van der Waals surface area contributed by atoms with Crippen LogP contribution in [0.3, 0.4) is 0 Å². The van der Waals surface area contributed by atoms with Crippen LogP contribution in [0.5, 0.6) is 0 Å². The van der Waals surface area contributed by atoms with Crippen LogP contribution >= 0.6 is 0 Å². The summed E-state index contributed by atoms with van der Waals surface area (Å²) in [5.74, 6) is 0. The molecule has 0 rings (SSSR count). The first-order valence-corrected chi connectivity index (χ1v) is 11.5. The van der Waals surface area contributed by atoms with E-state index < -0.39 is 15.1 Å². The third-order valence-corrected chi connectivity index (χ3v) is 5.23. The SMILES string of the molecule is CCCCCCCCCCCCCCCCCC[Si](F)(F)F. The van der Waals surface area contributed by atoms with E-state index in [0.29, 0.717) is 6.42 Å². The quantitative estimate of drug-likeness (QED) is 0.143. The summed E-state index contributed by atoms with van der Waals surface area (Å²) >= 11 is 0. The smallest absolute Gasteiger partial charge is 0.238 e. The maximum atomic E-state index is 12.1. The zero-order valence-electron chi connectivity index (χ0n) is 14.7. The molecule has 4 heteroatoms. The fraction of sp³-hybridized carbons (Fsp3) is 1.00. The van der Waals surface area contributed by atoms with Crippen LogP contribution in [0.1, 0.15) is 110 Å². The summed E-state index contributed by atoms with van der Waals surface area (Å²) in [6, 6.07) is -0.467. The second-order valence-corrected chi connectivity index (χ2v) is 8.40. The molecule has 0 nitrogen and oxygen atoms in total. The van der Waals surface area contributed by atoms with Crippen LogP contribution in [0.15, 0.2) is 0 Å². The van der Waals surface area contributed by atoms with Crippen molar-refractivity contribution in [3.05, 3.63) is 0 Å². The minimum absolute atomic E-state index is 0.369. The second kappa shape index (κ2) is 15.9. The highest BCUT2D eigenvalue weighted by Gasteiger charge is 2.35. The fourth-order valence-electron chi connectivity index (χ4n) is 2.87. The van der Waals surface area contributed by atoms with Crippen molar-refractivity contribution in [3.8, 4) is 0 Å². The predicted octanol–water partition coefficient (Wildman–Crippen LogP) is 8.10. The highest BCUT2D eigenvalue weighted by atomic mass is 28.5. The molecule has 0 radical (unpaired) electrons. The largest absolute Gasteiger partial charge is 0.616 e. The molecular weight excluding hydrogens is 301 g/mol. The highest BCUT2D eigenvalue weighted by Crippen LogP contribution is 2.20. The molecule has 0 bridgehead atoms. The standard InChI is InChI=1S/C18H37F3Si/c1-2-3-4-5-6-7-8-9-10-11-12-13-14-15-16-17-18-22(19,20)21/h2-18H2,1H3. The van der Waals surface area contributed by atoms with Gasteiger partial charge in [0.1, 0.15) is 0 Å². The van der Waals surface area contributed by atoms with Crippen molar-refractivity contribution in [3.63, 3.8) is 0 Å². The van der Waals surface area contributed by atoms with Gasteiger partial charge in [0.05, 0.1) is 0 Å². The van der Waals surface area contributed by atoms with Crippen molar-refractivity contribution in [2.75, 3.05) is 0 Å². The van der Waals surface area contributed by atoms with E-state index in [-0.39, 0.29) is 0 Å². The Kier molecular flexibility index (Phi) is 15.9. The van der Waals surface area contributed by atoms with Crippen molar-refractivity contribution < 1.29 is 12.3 Å². The lowest BCUT2D eigenvalue weighted by Gasteiger charge is -2.04. The van der Waals surface area contributed by atoms with Crippen LogP contribution in [0.4, 0.5) is 12.3 Å². The number of hydrogen-bond donors (Lipinski definition) is 0. The van der Waals surface area contributed by atoms with E-state index in [1.54, 1.807) is 0 Å². The molecule has 0 aromatic heterocycles. The lowest BCUT2D eigenvalue weighted by atomic mass is 10.0. The maximum absolute atomic E-state index is 12.1. The minimum Gasteiger partial charge on any atom is -0.238 e. The average molecular weight is 339 g/mol. The molecule has 0 saturated carbocycles. The zero-order chi connectivity index (χ0) is 16.5. The number of unbranched alkanes of at least 4 members (excludes halogenated alkanes) is 15. The van der Waals surface area contributed by atoms with E-state index in [0.717, 1.165) is 19.3 Å². The summed E-state index contributed by atoms with van der Waals surface area (Å²) in [5.41, 5.74) is 0. The van der Waals surface area contributed by atoms with Crippen LogP contribution in [0.25, 0.3) is 0 Å². The molecule has 0 fully saturated rings. The summed E-state index contributed by atoms with van der Waals surface area (Å²) in [7, 11) is -5.26. The van der Waals surface area contributed by atoms with Gasteiger partial charge in [0.15, 0.2) is 0 Å². The van der Waals surface area contributed by atoms with Gasteiger partial charge in [0, 0.05) is 6.04 Å². The van der Waals surface area contributed by atoms with Gasteiger partial charge in [-0.3, -0.25) is 0 Å². The van der Waals surface area contributed by atoms with Gasteiger partial charge in [-0.05, 0) is 6.42 Å². The Morgan fingerprint density at radius 1 is 0.455 bits per heavy atom. The first-order chi connectivity index (χ1) is 10.6. The molecule has 0 atom stereocenters. The predicted molar refractivity (Wildman–Crippen MR) is 93.4 cm³/mol. The van der Waals surface area contributed by atoms with Crippen molar-refractivity contribution in [1.82, 2.24) is 0 Å². The van der Waals surface area contributed by atoms with E-state index in [9.17, 15) is 12.3 Å². The lowest BCUT2D eigenvalue weighted by Crippen LogP contribution is -2.13. The van der Waals surface area contributed by atoms with Gasteiger partial charge in [-0.25, -0.2) is 12.3 Å². The van der Waals surface area contributed by atoms with Crippen molar-refractivity contribution in [2.24, 2.45) is 0 Å². The molecule has 0 aliphatic heterocycles. The van der Waals surface area contributed by atoms with Crippen LogP contribution in [0.2, 0.25) is 6.04 Å². The van der Waals surface area contributed by atoms with Gasteiger partial charge >= 0.3 is 9.08 Å². The maximum Gasteiger partial charge on any atom is 0.616 e. The van der Waals surface area contributed by atoms with E-state index in [1.165, 1.54) is 77.0 Å². The molecule has 0 saturated heterocycles. The zero-order valence-corrected chi connectivity index (χ0v) is 15.7. The van der Waals surface area contributed by atoms with Crippen LogP contribution in [-0.2, 0) is 0 Å². The summed E-state index contributed by atoms with van der Waals surface area (Å²) in [6.45, 7) is 2.25. The molecule has 0 aromatic carbocycles. The molecule has 22 heavy (non-hydrogen) atoms. The summed E-state index contributed by atoms with van der Waals surface area (Å²) in [5, 5.41) is 0. The fourth-order valence-corrected chi connectivity index (χ4v) is 3.52. The van der Waals surface area contributed by atoms with E-state index >= 15 is 0 Å². The third-order valence-electron chi connectivity index (χ3n) is 4.31. The molecule has 0 heterocycles. The second-order valence-electron chi connectivity index (χ2n) is 6.67. The van der Waals surface area contributed by atoms with Crippen LogP contribution in [-0.4, -0.2) is 9.08 Å². The van der Waals surface area contributed by atoms with Crippen molar-refractivity contribution in [1.29, 1.82) is 0 Å². The Hall–Kier alpha value is 0.00688. The number of halogens is 3. The number of rotatable bonds is 17. The first kappa shape index (κ1) is 22.0. The molecule has 134 valence electrons. The monoisotopic (exact) mass is 338 g/mol. The Bertz CT molecular complexity index is 217. The van der Waals surface area contributed by atoms with Gasteiger partial charge in [-0.2, -0.15) is 0 Å². The molecule has 0 amide bonds. The van der Waals surface area contributed by atoms with Gasteiger partial charge in [-0.1, -0.05) is 103 Å². The summed E-state index contributed by atoms with van der Waals surface area (Å²) < 4.78 is 36.2. The van der Waals surface area contributed by atoms with E-state index in [4.69, 9.17) is 0 Å². The normalized spacial score (nSPS) is 12.0. The van der Waals surface area contributed by atoms with Crippen LogP contribution < -0.4 is 0 Å². The van der Waals surface area contributed by atoms with Gasteiger partial charge in [0.25, 0.3) is 0 Å². The van der Waals surface area contributed by atoms with Gasteiger partial charge in [-0.15, -0.1) is 0 Å².